The average molecular weight is 392 g/mol. The van der Waals surface area contributed by atoms with E-state index in [-0.39, 0.29) is 17.5 Å². The van der Waals surface area contributed by atoms with Crippen LogP contribution < -0.4 is 10.5 Å². The quantitative estimate of drug-likeness (QED) is 0.794. The molecule has 2 heterocycles. The van der Waals surface area contributed by atoms with Crippen molar-refractivity contribution < 1.29 is 8.42 Å². The lowest BCUT2D eigenvalue weighted by Crippen LogP contribution is -2.22. The van der Waals surface area contributed by atoms with Gasteiger partial charge in [-0.3, -0.25) is 0 Å². The summed E-state index contributed by atoms with van der Waals surface area (Å²) >= 11 is 4.87. The molecule has 0 bridgehead atoms. The van der Waals surface area contributed by atoms with Crippen LogP contribution in [0.3, 0.4) is 0 Å². The molecule has 2 rings (SSSR count). The summed E-state index contributed by atoms with van der Waals surface area (Å²) in [5.74, 6) is 0. The monoisotopic (exact) mass is 391 g/mol. The van der Waals surface area contributed by atoms with E-state index >= 15 is 0 Å². The van der Waals surface area contributed by atoms with E-state index in [4.69, 9.17) is 5.73 Å². The Kier molecular flexibility index (Phi) is 5.26. The number of hydrogen-bond donors (Lipinski definition) is 2. The second-order valence-corrected chi connectivity index (χ2v) is 9.22. The van der Waals surface area contributed by atoms with Crippen molar-refractivity contribution in [1.82, 2.24) is 9.29 Å². The standard InChI is InChI=1S/C13H18BrN3O2S2/c1-9(2)17-8-12(5-10(17)6-15)21(18,19)16-7-11-3-4-13(14)20-11/h3-5,8-9,16H,6-7,15H2,1-2H3. The molecule has 0 saturated heterocycles. The van der Waals surface area contributed by atoms with Crippen molar-refractivity contribution in [1.29, 1.82) is 0 Å². The highest BCUT2D eigenvalue weighted by molar-refractivity contribution is 9.11. The van der Waals surface area contributed by atoms with Crippen LogP contribution in [0.25, 0.3) is 0 Å². The molecule has 0 fully saturated rings. The lowest BCUT2D eigenvalue weighted by molar-refractivity contribution is 0.569. The molecule has 0 aliphatic rings. The van der Waals surface area contributed by atoms with E-state index in [1.54, 1.807) is 12.3 Å². The van der Waals surface area contributed by atoms with Gasteiger partial charge in [-0.05, 0) is 48.0 Å². The van der Waals surface area contributed by atoms with Crippen LogP contribution in [0.15, 0.2) is 33.1 Å². The van der Waals surface area contributed by atoms with E-state index in [0.29, 0.717) is 6.54 Å². The summed E-state index contributed by atoms with van der Waals surface area (Å²) in [5.41, 5.74) is 6.48. The molecule has 0 atom stereocenters. The highest BCUT2D eigenvalue weighted by Gasteiger charge is 2.19. The lowest BCUT2D eigenvalue weighted by atomic mass is 10.3. The van der Waals surface area contributed by atoms with Gasteiger partial charge in [0, 0.05) is 35.9 Å². The molecule has 0 aliphatic carbocycles. The van der Waals surface area contributed by atoms with Crippen LogP contribution >= 0.6 is 27.3 Å². The zero-order valence-electron chi connectivity index (χ0n) is 11.8. The number of sulfonamides is 1. The van der Waals surface area contributed by atoms with Crippen LogP contribution in [0.1, 0.15) is 30.5 Å². The zero-order valence-corrected chi connectivity index (χ0v) is 15.1. The van der Waals surface area contributed by atoms with Gasteiger partial charge in [-0.15, -0.1) is 11.3 Å². The fourth-order valence-corrected chi connectivity index (χ4v) is 4.55. The molecule has 8 heteroatoms. The van der Waals surface area contributed by atoms with Gasteiger partial charge in [0.1, 0.15) is 0 Å². The van der Waals surface area contributed by atoms with E-state index in [1.165, 1.54) is 11.3 Å². The highest BCUT2D eigenvalue weighted by Crippen LogP contribution is 2.23. The maximum Gasteiger partial charge on any atom is 0.242 e. The highest BCUT2D eigenvalue weighted by atomic mass is 79.9. The van der Waals surface area contributed by atoms with Crippen LogP contribution in [-0.4, -0.2) is 13.0 Å². The predicted molar refractivity (Wildman–Crippen MR) is 88.8 cm³/mol. The number of hydrogen-bond acceptors (Lipinski definition) is 4. The Bertz CT molecular complexity index is 720. The predicted octanol–water partition coefficient (Wildman–Crippen LogP) is 2.83. The van der Waals surface area contributed by atoms with E-state index in [0.717, 1.165) is 14.4 Å². The Morgan fingerprint density at radius 3 is 2.62 bits per heavy atom. The number of nitrogens with two attached hydrogens (primary N) is 1. The van der Waals surface area contributed by atoms with Crippen LogP contribution in [0.2, 0.25) is 0 Å². The largest absolute Gasteiger partial charge is 0.346 e. The van der Waals surface area contributed by atoms with Crippen molar-refractivity contribution in [2.24, 2.45) is 5.73 Å². The normalized spacial score (nSPS) is 12.2. The molecule has 0 unspecified atom stereocenters. The topological polar surface area (TPSA) is 77.1 Å². The first kappa shape index (κ1) is 16.7. The van der Waals surface area contributed by atoms with E-state index in [1.807, 2.05) is 30.5 Å². The second-order valence-electron chi connectivity index (χ2n) is 4.90. The summed E-state index contributed by atoms with van der Waals surface area (Å²) in [6, 6.07) is 5.59. The van der Waals surface area contributed by atoms with Crippen LogP contribution in [0.5, 0.6) is 0 Å². The smallest absolute Gasteiger partial charge is 0.242 e. The van der Waals surface area contributed by atoms with Crippen LogP contribution in [0, 0.1) is 0 Å². The first-order valence-electron chi connectivity index (χ1n) is 6.48. The average Bonchev–Trinajstić information content (AvgIpc) is 3.02. The molecular formula is C13H18BrN3O2S2. The zero-order chi connectivity index (χ0) is 15.6. The summed E-state index contributed by atoms with van der Waals surface area (Å²) in [6.45, 7) is 4.58. The minimum atomic E-state index is -3.53. The third-order valence-corrected chi connectivity index (χ3v) is 6.04. The van der Waals surface area contributed by atoms with Gasteiger partial charge in [-0.1, -0.05) is 0 Å². The third kappa shape index (κ3) is 3.95. The number of nitrogens with one attached hydrogen (secondary N) is 1. The molecule has 2 aromatic rings. The lowest BCUT2D eigenvalue weighted by Gasteiger charge is -2.10. The third-order valence-electron chi connectivity index (χ3n) is 3.05. The number of halogens is 1. The minimum Gasteiger partial charge on any atom is -0.346 e. The van der Waals surface area contributed by atoms with Crippen molar-refractivity contribution in [2.75, 3.05) is 0 Å². The molecular weight excluding hydrogens is 374 g/mol. The van der Waals surface area contributed by atoms with Gasteiger partial charge in [0.2, 0.25) is 10.0 Å². The summed E-state index contributed by atoms with van der Waals surface area (Å²) in [7, 11) is -3.53. The van der Waals surface area contributed by atoms with Gasteiger partial charge < -0.3 is 10.3 Å². The first-order valence-corrected chi connectivity index (χ1v) is 9.57. The Labute approximate surface area is 137 Å². The van der Waals surface area contributed by atoms with Crippen LogP contribution in [0.4, 0.5) is 0 Å². The fraction of sp³-hybridized carbons (Fsp3) is 0.385. The van der Waals surface area contributed by atoms with E-state index < -0.39 is 10.0 Å². The van der Waals surface area contributed by atoms with E-state index in [9.17, 15) is 8.42 Å². The molecule has 2 aromatic heterocycles. The van der Waals surface area contributed by atoms with Gasteiger partial charge in [0.25, 0.3) is 0 Å². The molecule has 116 valence electrons. The van der Waals surface area contributed by atoms with Crippen molar-refractivity contribution in [3.05, 3.63) is 38.8 Å². The minimum absolute atomic E-state index is 0.167. The Morgan fingerprint density at radius 1 is 1.43 bits per heavy atom. The van der Waals surface area contributed by atoms with Crippen molar-refractivity contribution in [3.8, 4) is 0 Å². The molecule has 0 saturated carbocycles. The Morgan fingerprint density at radius 2 is 2.14 bits per heavy atom. The maximum atomic E-state index is 12.3. The Hall–Kier alpha value is -0.670. The van der Waals surface area contributed by atoms with Gasteiger partial charge in [0.15, 0.2) is 0 Å². The second kappa shape index (κ2) is 6.62. The number of thiophene rings is 1. The number of aromatic nitrogens is 1. The summed E-state index contributed by atoms with van der Waals surface area (Å²) in [6.07, 6.45) is 1.64. The van der Waals surface area contributed by atoms with Crippen LogP contribution in [-0.2, 0) is 23.1 Å². The summed E-state index contributed by atoms with van der Waals surface area (Å²) in [5, 5.41) is 0. The van der Waals surface area contributed by atoms with Gasteiger partial charge in [-0.25, -0.2) is 13.1 Å². The van der Waals surface area contributed by atoms with Gasteiger partial charge in [0.05, 0.1) is 8.68 Å². The molecule has 0 aromatic carbocycles. The SMILES string of the molecule is CC(C)n1cc(S(=O)(=O)NCc2ccc(Br)s2)cc1CN. The molecule has 0 amide bonds. The van der Waals surface area contributed by atoms with E-state index in [2.05, 4.69) is 20.7 Å². The first-order chi connectivity index (χ1) is 9.83. The Balaban J connectivity index is 2.19. The molecule has 0 radical (unpaired) electrons. The molecule has 21 heavy (non-hydrogen) atoms. The van der Waals surface area contributed by atoms with Crippen molar-refractivity contribution >= 4 is 37.3 Å². The molecule has 3 N–H and O–H groups in total. The number of nitrogens with zero attached hydrogens (tertiary/aromatic N) is 1. The molecule has 5 nitrogen and oxygen atoms in total. The van der Waals surface area contributed by atoms with Crippen molar-refractivity contribution in [3.63, 3.8) is 0 Å². The number of rotatable bonds is 6. The molecule has 0 aliphatic heterocycles. The van der Waals surface area contributed by atoms with Gasteiger partial charge in [-0.2, -0.15) is 0 Å². The summed E-state index contributed by atoms with van der Waals surface area (Å²) in [4.78, 5) is 1.21. The fourth-order valence-electron chi connectivity index (χ4n) is 1.98. The molecule has 0 spiro atoms. The van der Waals surface area contributed by atoms with Gasteiger partial charge >= 0.3 is 0 Å². The maximum absolute atomic E-state index is 12.3. The van der Waals surface area contributed by atoms with Crippen molar-refractivity contribution in [2.45, 2.75) is 37.9 Å². The summed E-state index contributed by atoms with van der Waals surface area (Å²) < 4.78 is 30.2.